The first-order chi connectivity index (χ1) is 7.56. The van der Waals surface area contributed by atoms with Crippen molar-refractivity contribution in [1.82, 2.24) is 4.90 Å². The molecule has 0 unspecified atom stereocenters. The minimum absolute atomic E-state index is 0.494. The second-order valence-corrected chi connectivity index (χ2v) is 5.31. The Kier molecular flexibility index (Phi) is 3.63. The van der Waals surface area contributed by atoms with Crippen LogP contribution in [-0.4, -0.2) is 37.6 Å². The van der Waals surface area contributed by atoms with Crippen molar-refractivity contribution in [3.8, 4) is 0 Å². The first-order valence-corrected chi connectivity index (χ1v) is 6.23. The summed E-state index contributed by atoms with van der Waals surface area (Å²) in [6.07, 6.45) is 0. The maximum absolute atomic E-state index is 6.02. The summed E-state index contributed by atoms with van der Waals surface area (Å²) in [7, 11) is 2.15. The van der Waals surface area contributed by atoms with E-state index in [2.05, 4.69) is 23.8 Å². The van der Waals surface area contributed by atoms with Gasteiger partial charge in [-0.15, -0.1) is 0 Å². The molecule has 0 N–H and O–H groups in total. The first-order valence-electron chi connectivity index (χ1n) is 5.47. The highest BCUT2D eigenvalue weighted by molar-refractivity contribution is 6.35. The number of hydrogen-bond acceptors (Lipinski definition) is 2. The van der Waals surface area contributed by atoms with Gasteiger partial charge in [-0.1, -0.05) is 23.2 Å². The fourth-order valence-electron chi connectivity index (χ4n) is 2.23. The van der Waals surface area contributed by atoms with Crippen LogP contribution >= 0.6 is 23.2 Å². The van der Waals surface area contributed by atoms with Gasteiger partial charge in [-0.05, 0) is 32.2 Å². The van der Waals surface area contributed by atoms with E-state index < -0.39 is 0 Å². The number of likely N-dealkylation sites (N-methyl/N-ethyl adjacent to an activating group) is 1. The summed E-state index contributed by atoms with van der Waals surface area (Å²) in [5.41, 5.74) is 1.12. The van der Waals surface area contributed by atoms with Crippen LogP contribution in [0.4, 0.5) is 5.69 Å². The number of anilines is 1. The molecule has 1 atom stereocenters. The van der Waals surface area contributed by atoms with Gasteiger partial charge in [0.25, 0.3) is 0 Å². The minimum Gasteiger partial charge on any atom is -0.366 e. The van der Waals surface area contributed by atoms with E-state index in [-0.39, 0.29) is 0 Å². The van der Waals surface area contributed by atoms with Crippen molar-refractivity contribution >= 4 is 28.9 Å². The van der Waals surface area contributed by atoms with Crippen molar-refractivity contribution in [1.29, 1.82) is 0 Å². The topological polar surface area (TPSA) is 6.48 Å². The van der Waals surface area contributed by atoms with Crippen LogP contribution in [0.2, 0.25) is 10.0 Å². The molecule has 1 heterocycles. The number of nitrogens with zero attached hydrogens (tertiary/aromatic N) is 2. The molecule has 0 aliphatic carbocycles. The van der Waals surface area contributed by atoms with E-state index in [1.807, 2.05) is 12.1 Å². The average molecular weight is 259 g/mol. The summed E-state index contributed by atoms with van der Waals surface area (Å²) in [6.45, 7) is 5.40. The van der Waals surface area contributed by atoms with Gasteiger partial charge in [0.15, 0.2) is 0 Å². The van der Waals surface area contributed by atoms with Gasteiger partial charge in [0, 0.05) is 41.4 Å². The van der Waals surface area contributed by atoms with Gasteiger partial charge in [0.05, 0.1) is 0 Å². The van der Waals surface area contributed by atoms with E-state index in [1.165, 1.54) is 0 Å². The van der Waals surface area contributed by atoms with Crippen molar-refractivity contribution in [2.75, 3.05) is 31.6 Å². The van der Waals surface area contributed by atoms with E-state index >= 15 is 0 Å². The van der Waals surface area contributed by atoms with Gasteiger partial charge in [-0.2, -0.15) is 0 Å². The lowest BCUT2D eigenvalue weighted by Gasteiger charge is -2.39. The number of benzene rings is 1. The molecule has 1 aromatic rings. The van der Waals surface area contributed by atoms with Crippen LogP contribution in [0.25, 0.3) is 0 Å². The van der Waals surface area contributed by atoms with Crippen LogP contribution in [0.3, 0.4) is 0 Å². The smallest absolute Gasteiger partial charge is 0.0441 e. The number of halogens is 2. The maximum Gasteiger partial charge on any atom is 0.0441 e. The summed E-state index contributed by atoms with van der Waals surface area (Å²) in [6, 6.07) is 6.23. The largest absolute Gasteiger partial charge is 0.366 e. The fourth-order valence-corrected chi connectivity index (χ4v) is 2.74. The van der Waals surface area contributed by atoms with Crippen LogP contribution in [0.15, 0.2) is 18.2 Å². The van der Waals surface area contributed by atoms with Gasteiger partial charge in [0.1, 0.15) is 0 Å². The molecule has 0 amide bonds. The van der Waals surface area contributed by atoms with E-state index in [1.54, 1.807) is 6.07 Å². The summed E-state index contributed by atoms with van der Waals surface area (Å²) in [4.78, 5) is 4.70. The Labute approximate surface area is 107 Å². The zero-order valence-electron chi connectivity index (χ0n) is 9.58. The zero-order valence-corrected chi connectivity index (χ0v) is 11.1. The lowest BCUT2D eigenvalue weighted by molar-refractivity contribution is 0.275. The van der Waals surface area contributed by atoms with Gasteiger partial charge < -0.3 is 9.80 Å². The average Bonchev–Trinajstić information content (AvgIpc) is 2.15. The van der Waals surface area contributed by atoms with Crippen LogP contribution in [0.1, 0.15) is 6.92 Å². The first kappa shape index (κ1) is 12.0. The third-order valence-electron chi connectivity index (χ3n) is 3.01. The molecule has 1 saturated heterocycles. The third-order valence-corrected chi connectivity index (χ3v) is 3.45. The summed E-state index contributed by atoms with van der Waals surface area (Å²) >= 11 is 12.0. The third kappa shape index (κ3) is 2.62. The second kappa shape index (κ2) is 4.82. The quantitative estimate of drug-likeness (QED) is 0.764. The maximum atomic E-state index is 6.02. The van der Waals surface area contributed by atoms with Gasteiger partial charge in [-0.3, -0.25) is 0 Å². The predicted octanol–water partition coefficient (Wildman–Crippen LogP) is 3.13. The minimum atomic E-state index is 0.494. The Hall–Kier alpha value is -0.440. The second-order valence-electron chi connectivity index (χ2n) is 4.43. The van der Waals surface area contributed by atoms with Crippen LogP contribution in [0, 0.1) is 0 Å². The summed E-state index contributed by atoms with van der Waals surface area (Å²) in [5, 5.41) is 1.40. The molecule has 4 heteroatoms. The molecule has 1 aliphatic rings. The number of hydrogen-bond donors (Lipinski definition) is 0. The highest BCUT2D eigenvalue weighted by atomic mass is 35.5. The molecule has 0 saturated carbocycles. The van der Waals surface area contributed by atoms with E-state index in [9.17, 15) is 0 Å². The molecule has 2 nitrogen and oxygen atoms in total. The Morgan fingerprint density at radius 1 is 1.12 bits per heavy atom. The van der Waals surface area contributed by atoms with Crippen molar-refractivity contribution in [3.63, 3.8) is 0 Å². The standard InChI is InChI=1S/C12H16Cl2N2/c1-9-8-15(2)3-4-16(9)12-6-10(13)5-11(14)7-12/h5-7,9H,3-4,8H2,1-2H3/t9-/m1/s1. The Morgan fingerprint density at radius 2 is 1.75 bits per heavy atom. The molecule has 1 fully saturated rings. The number of rotatable bonds is 1. The van der Waals surface area contributed by atoms with E-state index in [0.29, 0.717) is 16.1 Å². The van der Waals surface area contributed by atoms with Crippen LogP contribution < -0.4 is 4.90 Å². The lowest BCUT2D eigenvalue weighted by Crippen LogP contribution is -2.50. The summed E-state index contributed by atoms with van der Waals surface area (Å²) < 4.78 is 0. The molecular weight excluding hydrogens is 243 g/mol. The highest BCUT2D eigenvalue weighted by Gasteiger charge is 2.21. The molecule has 0 bridgehead atoms. The van der Waals surface area contributed by atoms with E-state index in [0.717, 1.165) is 25.3 Å². The Bertz CT molecular complexity index is 361. The van der Waals surface area contributed by atoms with Crippen molar-refractivity contribution in [2.24, 2.45) is 0 Å². The highest BCUT2D eigenvalue weighted by Crippen LogP contribution is 2.27. The fraction of sp³-hybridized carbons (Fsp3) is 0.500. The van der Waals surface area contributed by atoms with Crippen molar-refractivity contribution in [3.05, 3.63) is 28.2 Å². The van der Waals surface area contributed by atoms with Gasteiger partial charge in [0.2, 0.25) is 0 Å². The lowest BCUT2D eigenvalue weighted by atomic mass is 10.1. The van der Waals surface area contributed by atoms with Crippen molar-refractivity contribution in [2.45, 2.75) is 13.0 Å². The van der Waals surface area contributed by atoms with Crippen LogP contribution in [-0.2, 0) is 0 Å². The van der Waals surface area contributed by atoms with Gasteiger partial charge in [-0.25, -0.2) is 0 Å². The zero-order chi connectivity index (χ0) is 11.7. The SMILES string of the molecule is C[C@@H]1CN(C)CCN1c1cc(Cl)cc(Cl)c1. The molecule has 0 spiro atoms. The van der Waals surface area contributed by atoms with Crippen LogP contribution in [0.5, 0.6) is 0 Å². The molecule has 16 heavy (non-hydrogen) atoms. The molecule has 0 radical (unpaired) electrons. The molecule has 1 aliphatic heterocycles. The molecule has 88 valence electrons. The molecule has 1 aromatic carbocycles. The molecule has 0 aromatic heterocycles. The van der Waals surface area contributed by atoms with Gasteiger partial charge >= 0.3 is 0 Å². The van der Waals surface area contributed by atoms with E-state index in [4.69, 9.17) is 23.2 Å². The normalized spacial score (nSPS) is 22.5. The Morgan fingerprint density at radius 3 is 2.31 bits per heavy atom. The van der Waals surface area contributed by atoms with Crippen molar-refractivity contribution < 1.29 is 0 Å². The number of piperazine rings is 1. The molecule has 2 rings (SSSR count). The predicted molar refractivity (Wildman–Crippen MR) is 70.8 cm³/mol. The molecular formula is C12H16Cl2N2. The Balaban J connectivity index is 2.23. The monoisotopic (exact) mass is 258 g/mol. The summed E-state index contributed by atoms with van der Waals surface area (Å²) in [5.74, 6) is 0.